The molecule has 0 aliphatic carbocycles. The van der Waals surface area contributed by atoms with E-state index in [2.05, 4.69) is 4.98 Å². The molecular weight excluding hydrogens is 202 g/mol. The smallest absolute Gasteiger partial charge is 0.134 e. The number of amidine groups is 1. The molecule has 3 nitrogen and oxygen atoms in total. The molecule has 2 aromatic rings. The lowest BCUT2D eigenvalue weighted by Crippen LogP contribution is -2.08. The Balaban J connectivity index is 2.39. The van der Waals surface area contributed by atoms with E-state index in [0.717, 1.165) is 14.8 Å². The summed E-state index contributed by atoms with van der Waals surface area (Å²) in [5.41, 5.74) is 5.34. The second kappa shape index (κ2) is 3.27. The molecule has 0 bridgehead atoms. The van der Waals surface area contributed by atoms with Gasteiger partial charge in [-0.3, -0.25) is 5.41 Å². The molecule has 0 aliphatic rings. The van der Waals surface area contributed by atoms with Gasteiger partial charge < -0.3 is 5.73 Å². The Kier molecular flexibility index (Phi) is 2.12. The van der Waals surface area contributed by atoms with E-state index in [1.165, 1.54) is 11.3 Å². The summed E-state index contributed by atoms with van der Waals surface area (Å²) in [6, 6.07) is 3.99. The molecular formula is C8H7N3S2. The van der Waals surface area contributed by atoms with Crippen LogP contribution in [0.1, 0.15) is 4.88 Å². The molecule has 2 aromatic heterocycles. The number of thiazole rings is 1. The van der Waals surface area contributed by atoms with E-state index in [9.17, 15) is 0 Å². The quantitative estimate of drug-likeness (QED) is 0.588. The number of thiophene rings is 1. The molecule has 0 fully saturated rings. The van der Waals surface area contributed by atoms with Crippen LogP contribution in [0.4, 0.5) is 0 Å². The molecule has 0 saturated carbocycles. The monoisotopic (exact) mass is 209 g/mol. The van der Waals surface area contributed by atoms with Gasteiger partial charge in [0.05, 0.1) is 9.75 Å². The van der Waals surface area contributed by atoms with E-state index >= 15 is 0 Å². The molecule has 3 N–H and O–H groups in total. The molecule has 0 radical (unpaired) electrons. The normalized spacial score (nSPS) is 10.2. The number of rotatable bonds is 2. The van der Waals surface area contributed by atoms with Crippen molar-refractivity contribution >= 4 is 28.5 Å². The van der Waals surface area contributed by atoms with Crippen molar-refractivity contribution in [2.45, 2.75) is 0 Å². The summed E-state index contributed by atoms with van der Waals surface area (Å²) in [5.74, 6) is 0.0836. The highest BCUT2D eigenvalue weighted by Crippen LogP contribution is 2.28. The van der Waals surface area contributed by atoms with Gasteiger partial charge in [-0.05, 0) is 11.4 Å². The Morgan fingerprint density at radius 1 is 1.54 bits per heavy atom. The molecule has 66 valence electrons. The fourth-order valence-electron chi connectivity index (χ4n) is 0.913. The summed E-state index contributed by atoms with van der Waals surface area (Å²) in [6.07, 6.45) is 1.64. The van der Waals surface area contributed by atoms with Crippen molar-refractivity contribution in [1.29, 1.82) is 5.41 Å². The molecule has 13 heavy (non-hydrogen) atoms. The van der Waals surface area contributed by atoms with E-state index in [-0.39, 0.29) is 5.84 Å². The van der Waals surface area contributed by atoms with Crippen molar-refractivity contribution in [2.75, 3.05) is 0 Å². The number of aromatic nitrogens is 1. The zero-order valence-electron chi connectivity index (χ0n) is 6.65. The highest BCUT2D eigenvalue weighted by atomic mass is 32.1. The molecule has 0 atom stereocenters. The highest BCUT2D eigenvalue weighted by Gasteiger charge is 2.06. The highest BCUT2D eigenvalue weighted by molar-refractivity contribution is 7.22. The van der Waals surface area contributed by atoms with Gasteiger partial charge in [-0.2, -0.15) is 0 Å². The Hall–Kier alpha value is -1.20. The van der Waals surface area contributed by atoms with Crippen molar-refractivity contribution in [3.8, 4) is 9.88 Å². The van der Waals surface area contributed by atoms with Gasteiger partial charge in [-0.25, -0.2) is 4.98 Å². The molecule has 0 saturated heterocycles. The van der Waals surface area contributed by atoms with Crippen LogP contribution in [-0.4, -0.2) is 10.8 Å². The summed E-state index contributed by atoms with van der Waals surface area (Å²) in [5, 5.41) is 10.2. The van der Waals surface area contributed by atoms with Crippen molar-refractivity contribution < 1.29 is 0 Å². The van der Waals surface area contributed by atoms with Crippen LogP contribution >= 0.6 is 22.7 Å². The van der Waals surface area contributed by atoms with Crippen molar-refractivity contribution in [2.24, 2.45) is 5.73 Å². The second-order valence-electron chi connectivity index (χ2n) is 2.42. The Labute approximate surface area is 83.4 Å². The van der Waals surface area contributed by atoms with Crippen LogP contribution in [-0.2, 0) is 0 Å². The maximum absolute atomic E-state index is 7.23. The number of nitrogens with two attached hydrogens (primary N) is 1. The average Bonchev–Trinajstić information content (AvgIpc) is 2.75. The van der Waals surface area contributed by atoms with Crippen LogP contribution < -0.4 is 5.73 Å². The van der Waals surface area contributed by atoms with Gasteiger partial charge in [0.2, 0.25) is 0 Å². The number of hydrogen-bond acceptors (Lipinski definition) is 4. The third-order valence-corrected chi connectivity index (χ3v) is 3.57. The van der Waals surface area contributed by atoms with Gasteiger partial charge in [-0.15, -0.1) is 22.7 Å². The minimum absolute atomic E-state index is 0.0836. The topological polar surface area (TPSA) is 62.8 Å². The van der Waals surface area contributed by atoms with Crippen LogP contribution in [0.2, 0.25) is 0 Å². The number of hydrogen-bond donors (Lipinski definition) is 2. The third-order valence-electron chi connectivity index (χ3n) is 1.50. The predicted octanol–water partition coefficient (Wildman–Crippen LogP) is 2.16. The molecule has 0 aromatic carbocycles. The van der Waals surface area contributed by atoms with Crippen LogP contribution in [0.5, 0.6) is 0 Å². The number of nitrogens with one attached hydrogen (secondary N) is 1. The fourth-order valence-corrected chi connectivity index (χ4v) is 2.49. The number of nitrogens with zero attached hydrogens (tertiary/aromatic N) is 1. The molecule has 2 heterocycles. The lowest BCUT2D eigenvalue weighted by Gasteiger charge is -1.87. The van der Waals surface area contributed by atoms with E-state index < -0.39 is 0 Å². The van der Waals surface area contributed by atoms with E-state index in [1.807, 2.05) is 17.5 Å². The van der Waals surface area contributed by atoms with Gasteiger partial charge in [-0.1, -0.05) is 6.07 Å². The van der Waals surface area contributed by atoms with Crippen molar-refractivity contribution in [3.63, 3.8) is 0 Å². The van der Waals surface area contributed by atoms with Crippen LogP contribution in [0.15, 0.2) is 23.7 Å². The van der Waals surface area contributed by atoms with Crippen LogP contribution in [0.25, 0.3) is 9.88 Å². The summed E-state index contributed by atoms with van der Waals surface area (Å²) in [6.45, 7) is 0. The standard InChI is InChI=1S/C8H7N3S2/c9-7(10)6-4-11-8(13-6)5-2-1-3-12-5/h1-4H,(H3,9,10). The maximum atomic E-state index is 7.23. The Morgan fingerprint density at radius 3 is 2.92 bits per heavy atom. The first-order valence-corrected chi connectivity index (χ1v) is 5.31. The van der Waals surface area contributed by atoms with E-state index in [4.69, 9.17) is 11.1 Å². The first-order chi connectivity index (χ1) is 6.27. The Bertz CT molecular complexity index is 416. The van der Waals surface area contributed by atoms with E-state index in [0.29, 0.717) is 0 Å². The first kappa shape index (κ1) is 8.40. The van der Waals surface area contributed by atoms with Crippen LogP contribution in [0, 0.1) is 5.41 Å². The fraction of sp³-hybridized carbons (Fsp3) is 0. The van der Waals surface area contributed by atoms with Crippen molar-refractivity contribution in [1.82, 2.24) is 4.98 Å². The Morgan fingerprint density at radius 2 is 2.38 bits per heavy atom. The third kappa shape index (κ3) is 1.61. The van der Waals surface area contributed by atoms with Crippen molar-refractivity contribution in [3.05, 3.63) is 28.6 Å². The predicted molar refractivity (Wildman–Crippen MR) is 56.4 cm³/mol. The molecule has 0 aliphatic heterocycles. The van der Waals surface area contributed by atoms with Gasteiger partial charge in [0.1, 0.15) is 10.8 Å². The summed E-state index contributed by atoms with van der Waals surface area (Å²) < 4.78 is 0. The number of nitrogen functional groups attached to an aromatic ring is 1. The largest absolute Gasteiger partial charge is 0.383 e. The molecule has 0 unspecified atom stereocenters. The van der Waals surface area contributed by atoms with Gasteiger partial charge in [0.25, 0.3) is 0 Å². The minimum Gasteiger partial charge on any atom is -0.383 e. The molecule has 5 heteroatoms. The van der Waals surface area contributed by atoms with Gasteiger partial charge >= 0.3 is 0 Å². The SMILES string of the molecule is N=C(N)c1cnc(-c2cccs2)s1. The summed E-state index contributed by atoms with van der Waals surface area (Å²) >= 11 is 3.09. The maximum Gasteiger partial charge on any atom is 0.134 e. The van der Waals surface area contributed by atoms with Gasteiger partial charge in [0, 0.05) is 6.20 Å². The van der Waals surface area contributed by atoms with E-state index in [1.54, 1.807) is 17.5 Å². The van der Waals surface area contributed by atoms with Crippen LogP contribution in [0.3, 0.4) is 0 Å². The lowest BCUT2D eigenvalue weighted by atomic mass is 10.5. The first-order valence-electron chi connectivity index (χ1n) is 3.61. The minimum atomic E-state index is 0.0836. The van der Waals surface area contributed by atoms with Gasteiger partial charge in [0.15, 0.2) is 0 Å². The molecule has 2 rings (SSSR count). The molecule has 0 amide bonds. The average molecular weight is 209 g/mol. The second-order valence-corrected chi connectivity index (χ2v) is 4.40. The zero-order chi connectivity index (χ0) is 9.26. The lowest BCUT2D eigenvalue weighted by molar-refractivity contribution is 1.39. The molecule has 0 spiro atoms. The summed E-state index contributed by atoms with van der Waals surface area (Å²) in [4.78, 5) is 6.04. The summed E-state index contributed by atoms with van der Waals surface area (Å²) in [7, 11) is 0. The zero-order valence-corrected chi connectivity index (χ0v) is 8.28.